The zero-order valence-corrected chi connectivity index (χ0v) is 18.4. The van der Waals surface area contributed by atoms with Gasteiger partial charge in [0.1, 0.15) is 11.9 Å². The second kappa shape index (κ2) is 9.36. The zero-order valence-electron chi connectivity index (χ0n) is 17.5. The summed E-state index contributed by atoms with van der Waals surface area (Å²) in [5.41, 5.74) is -0.855. The molecule has 174 valence electrons. The van der Waals surface area contributed by atoms with E-state index in [1.165, 1.54) is 4.31 Å². The van der Waals surface area contributed by atoms with Crippen molar-refractivity contribution >= 4 is 10.0 Å². The van der Waals surface area contributed by atoms with E-state index in [4.69, 9.17) is 4.74 Å². The van der Waals surface area contributed by atoms with Crippen molar-refractivity contribution in [1.82, 2.24) is 14.2 Å². The van der Waals surface area contributed by atoms with Crippen molar-refractivity contribution in [3.8, 4) is 5.75 Å². The Hall–Kier alpha value is -2.17. The van der Waals surface area contributed by atoms with E-state index in [1.807, 2.05) is 12.1 Å². The molecule has 2 aliphatic rings. The van der Waals surface area contributed by atoms with Crippen LogP contribution in [0.4, 0.5) is 13.2 Å². The number of halogens is 3. The van der Waals surface area contributed by atoms with Gasteiger partial charge >= 0.3 is 6.18 Å². The van der Waals surface area contributed by atoms with Crippen LogP contribution in [0.2, 0.25) is 0 Å². The van der Waals surface area contributed by atoms with Gasteiger partial charge in [0.05, 0.1) is 10.5 Å². The van der Waals surface area contributed by atoms with Crippen molar-refractivity contribution < 1.29 is 26.3 Å². The van der Waals surface area contributed by atoms with E-state index in [1.54, 1.807) is 12.4 Å². The van der Waals surface area contributed by atoms with Gasteiger partial charge in [0.2, 0.25) is 10.0 Å². The molecule has 0 amide bonds. The minimum atomic E-state index is -4.49. The molecule has 0 saturated carbocycles. The Kier molecular flexibility index (Phi) is 6.73. The zero-order chi connectivity index (χ0) is 22.8. The van der Waals surface area contributed by atoms with Gasteiger partial charge in [0.15, 0.2) is 0 Å². The Morgan fingerprint density at radius 3 is 2.03 bits per heavy atom. The number of rotatable bonds is 5. The molecule has 0 spiro atoms. The highest BCUT2D eigenvalue weighted by molar-refractivity contribution is 7.89. The normalized spacial score (nSPS) is 20.3. The summed E-state index contributed by atoms with van der Waals surface area (Å²) in [6.45, 7) is 2.51. The average molecular weight is 470 g/mol. The standard InChI is InChI=1S/C22H26F3N3O3S/c23-22(24,25)17-1-3-21(4-2-17)32(29,30)28-15-7-18(8-16-28)27-13-9-20(10-14-27)31-19-5-11-26-12-6-19/h1-6,11-12,18,20H,7-10,13-16H2. The highest BCUT2D eigenvalue weighted by Crippen LogP contribution is 2.31. The topological polar surface area (TPSA) is 62.7 Å². The number of hydrogen-bond acceptors (Lipinski definition) is 5. The van der Waals surface area contributed by atoms with E-state index in [-0.39, 0.29) is 11.0 Å². The molecule has 2 aromatic rings. The maximum Gasteiger partial charge on any atom is 0.416 e. The molecule has 0 bridgehead atoms. The fraction of sp³-hybridized carbons (Fsp3) is 0.500. The van der Waals surface area contributed by atoms with E-state index < -0.39 is 21.8 Å². The number of likely N-dealkylation sites (tertiary alicyclic amines) is 1. The molecule has 32 heavy (non-hydrogen) atoms. The van der Waals surface area contributed by atoms with Crippen LogP contribution in [-0.2, 0) is 16.2 Å². The first-order valence-corrected chi connectivity index (χ1v) is 12.2. The first-order valence-electron chi connectivity index (χ1n) is 10.7. The van der Waals surface area contributed by atoms with Gasteiger partial charge in [-0.05, 0) is 62.1 Å². The molecule has 2 fully saturated rings. The van der Waals surface area contributed by atoms with Crippen LogP contribution < -0.4 is 4.74 Å². The molecule has 4 rings (SSSR count). The van der Waals surface area contributed by atoms with Crippen LogP contribution in [0.15, 0.2) is 53.7 Å². The van der Waals surface area contributed by atoms with Crippen LogP contribution in [0.5, 0.6) is 5.75 Å². The van der Waals surface area contributed by atoms with E-state index >= 15 is 0 Å². The maximum atomic E-state index is 12.9. The second-order valence-electron chi connectivity index (χ2n) is 8.19. The van der Waals surface area contributed by atoms with Crippen LogP contribution in [0, 0.1) is 0 Å². The third kappa shape index (κ3) is 5.24. The Bertz CT molecular complexity index is 985. The lowest BCUT2D eigenvalue weighted by Crippen LogP contribution is -2.50. The highest BCUT2D eigenvalue weighted by Gasteiger charge is 2.35. The predicted octanol–water partition coefficient (Wildman–Crippen LogP) is 3.80. The van der Waals surface area contributed by atoms with E-state index in [2.05, 4.69) is 9.88 Å². The molecule has 2 aliphatic heterocycles. The van der Waals surface area contributed by atoms with E-state index in [0.717, 1.165) is 55.9 Å². The number of benzene rings is 1. The van der Waals surface area contributed by atoms with Crippen molar-refractivity contribution in [2.75, 3.05) is 26.2 Å². The van der Waals surface area contributed by atoms with Gasteiger partial charge in [-0.1, -0.05) is 0 Å². The number of ether oxygens (including phenoxy) is 1. The summed E-state index contributed by atoms with van der Waals surface area (Å²) >= 11 is 0. The van der Waals surface area contributed by atoms with Crippen molar-refractivity contribution in [3.05, 3.63) is 54.4 Å². The maximum absolute atomic E-state index is 12.9. The smallest absolute Gasteiger partial charge is 0.416 e. The van der Waals surface area contributed by atoms with Crippen LogP contribution >= 0.6 is 0 Å². The van der Waals surface area contributed by atoms with Gasteiger partial charge in [0.25, 0.3) is 0 Å². The number of alkyl halides is 3. The molecule has 6 nitrogen and oxygen atoms in total. The van der Waals surface area contributed by atoms with Crippen LogP contribution in [0.25, 0.3) is 0 Å². The molecule has 2 saturated heterocycles. The third-order valence-corrected chi connectivity index (χ3v) is 8.10. The summed E-state index contributed by atoms with van der Waals surface area (Å²) in [4.78, 5) is 6.29. The summed E-state index contributed by atoms with van der Waals surface area (Å²) in [6, 6.07) is 7.71. The predicted molar refractivity (Wildman–Crippen MR) is 113 cm³/mol. The van der Waals surface area contributed by atoms with E-state index in [9.17, 15) is 21.6 Å². The van der Waals surface area contributed by atoms with Gasteiger partial charge in [0, 0.05) is 44.6 Å². The number of sulfonamides is 1. The molecule has 3 heterocycles. The number of piperidine rings is 2. The average Bonchev–Trinajstić information content (AvgIpc) is 2.80. The molecule has 1 aromatic carbocycles. The summed E-state index contributed by atoms with van der Waals surface area (Å²) < 4.78 is 71.3. The fourth-order valence-electron chi connectivity index (χ4n) is 4.38. The van der Waals surface area contributed by atoms with Gasteiger partial charge in [-0.3, -0.25) is 4.98 Å². The van der Waals surface area contributed by atoms with Gasteiger partial charge in [-0.25, -0.2) is 8.42 Å². The summed E-state index contributed by atoms with van der Waals surface area (Å²) in [6.07, 6.45) is 2.31. The Morgan fingerprint density at radius 1 is 0.875 bits per heavy atom. The van der Waals surface area contributed by atoms with Crippen molar-refractivity contribution in [2.24, 2.45) is 0 Å². The first kappa shape index (κ1) is 23.0. The minimum Gasteiger partial charge on any atom is -0.490 e. The highest BCUT2D eigenvalue weighted by atomic mass is 32.2. The van der Waals surface area contributed by atoms with Gasteiger partial charge < -0.3 is 9.64 Å². The van der Waals surface area contributed by atoms with Crippen LogP contribution in [0.3, 0.4) is 0 Å². The van der Waals surface area contributed by atoms with Crippen LogP contribution in [0.1, 0.15) is 31.2 Å². The summed E-state index contributed by atoms with van der Waals surface area (Å²) in [5.74, 6) is 0.820. The Morgan fingerprint density at radius 2 is 1.47 bits per heavy atom. The number of hydrogen-bond donors (Lipinski definition) is 0. The molecule has 0 atom stereocenters. The van der Waals surface area contributed by atoms with E-state index in [0.29, 0.717) is 32.0 Å². The Balaban J connectivity index is 1.28. The molecule has 0 radical (unpaired) electrons. The lowest BCUT2D eigenvalue weighted by molar-refractivity contribution is -0.137. The van der Waals surface area contributed by atoms with Crippen molar-refractivity contribution in [3.63, 3.8) is 0 Å². The lowest BCUT2D eigenvalue weighted by atomic mass is 10.00. The lowest BCUT2D eigenvalue weighted by Gasteiger charge is -2.41. The fourth-order valence-corrected chi connectivity index (χ4v) is 5.85. The quantitative estimate of drug-likeness (QED) is 0.667. The summed E-state index contributed by atoms with van der Waals surface area (Å²) in [5, 5.41) is 0. The molecule has 0 N–H and O–H groups in total. The largest absolute Gasteiger partial charge is 0.490 e. The molecule has 1 aromatic heterocycles. The van der Waals surface area contributed by atoms with Gasteiger partial charge in [-0.2, -0.15) is 17.5 Å². The molecular weight excluding hydrogens is 443 g/mol. The molecule has 0 unspecified atom stereocenters. The second-order valence-corrected chi connectivity index (χ2v) is 10.1. The summed E-state index contributed by atoms with van der Waals surface area (Å²) in [7, 11) is -3.80. The van der Waals surface area contributed by atoms with Crippen molar-refractivity contribution in [1.29, 1.82) is 0 Å². The van der Waals surface area contributed by atoms with Crippen molar-refractivity contribution in [2.45, 2.75) is 48.9 Å². The molecular formula is C22H26F3N3O3S. The number of nitrogens with zero attached hydrogens (tertiary/aromatic N) is 3. The Labute approximate surface area is 186 Å². The SMILES string of the molecule is O=S(=O)(c1ccc(C(F)(F)F)cc1)N1CCC(N2CCC(Oc3ccncc3)CC2)CC1. The third-order valence-electron chi connectivity index (χ3n) is 6.19. The van der Waals surface area contributed by atoms with Crippen LogP contribution in [-0.4, -0.2) is 60.9 Å². The minimum absolute atomic E-state index is 0.0991. The molecule has 0 aliphatic carbocycles. The first-order chi connectivity index (χ1) is 15.2. The number of pyridine rings is 1. The monoisotopic (exact) mass is 469 g/mol. The molecule has 10 heteroatoms. The number of aromatic nitrogens is 1. The van der Waals surface area contributed by atoms with Gasteiger partial charge in [-0.15, -0.1) is 0 Å².